The molecule has 0 saturated carbocycles. The van der Waals surface area contributed by atoms with E-state index in [1.807, 2.05) is 31.4 Å². The van der Waals surface area contributed by atoms with Crippen LogP contribution < -0.4 is 10.2 Å². The number of nitrogens with one attached hydrogen (secondary N) is 1. The monoisotopic (exact) mass is 456 g/mol. The molecule has 1 saturated heterocycles. The van der Waals surface area contributed by atoms with Crippen molar-refractivity contribution in [1.82, 2.24) is 19.9 Å². The Morgan fingerprint density at radius 3 is 2.94 bits per heavy atom. The van der Waals surface area contributed by atoms with Gasteiger partial charge in [0, 0.05) is 67.6 Å². The Hall–Kier alpha value is -3.23. The van der Waals surface area contributed by atoms with Crippen molar-refractivity contribution >= 4 is 34.3 Å². The number of aliphatic hydroxyl groups is 1. The van der Waals surface area contributed by atoms with Crippen molar-refractivity contribution < 1.29 is 5.11 Å². The number of rotatable bonds is 5. The molecular weight excluding hydrogens is 432 g/mol. The number of fused-ring (bicyclic) bond motifs is 4. The van der Waals surface area contributed by atoms with E-state index in [1.54, 1.807) is 6.20 Å². The highest BCUT2D eigenvalue weighted by Crippen LogP contribution is 2.45. The maximum atomic E-state index is 9.70. The van der Waals surface area contributed by atoms with E-state index in [4.69, 9.17) is 9.97 Å². The van der Waals surface area contributed by atoms with Gasteiger partial charge in [-0.3, -0.25) is 9.97 Å². The lowest BCUT2D eigenvalue weighted by Gasteiger charge is -2.21. The Morgan fingerprint density at radius 2 is 2.09 bits per heavy atom. The minimum absolute atomic E-state index is 0.210. The zero-order valence-electron chi connectivity index (χ0n) is 18.3. The molecule has 6 rings (SSSR count). The molecule has 166 valence electrons. The van der Waals surface area contributed by atoms with Gasteiger partial charge in [0.15, 0.2) is 5.16 Å². The van der Waals surface area contributed by atoms with Crippen molar-refractivity contribution in [2.75, 3.05) is 37.0 Å². The van der Waals surface area contributed by atoms with Crippen molar-refractivity contribution in [3.8, 4) is 11.1 Å². The van der Waals surface area contributed by atoms with Gasteiger partial charge in [-0.25, -0.2) is 9.97 Å². The Balaban J connectivity index is 1.44. The molecule has 1 aliphatic carbocycles. The number of anilines is 2. The summed E-state index contributed by atoms with van der Waals surface area (Å²) in [7, 11) is 1.96. The van der Waals surface area contributed by atoms with Gasteiger partial charge in [-0.15, -0.1) is 0 Å². The smallest absolute Gasteiger partial charge is 0.194 e. The number of benzene rings is 1. The molecule has 2 N–H and O–H groups in total. The molecule has 1 fully saturated rings. The van der Waals surface area contributed by atoms with Crippen LogP contribution in [0.1, 0.15) is 17.7 Å². The zero-order chi connectivity index (χ0) is 22.4. The van der Waals surface area contributed by atoms with Crippen LogP contribution in [0, 0.1) is 5.92 Å². The van der Waals surface area contributed by atoms with Gasteiger partial charge in [-0.2, -0.15) is 0 Å². The summed E-state index contributed by atoms with van der Waals surface area (Å²) >= 11 is 1.52. The summed E-state index contributed by atoms with van der Waals surface area (Å²) in [6, 6.07) is 12.3. The Morgan fingerprint density at radius 1 is 1.15 bits per heavy atom. The fraction of sp³-hybridized carbons (Fsp3) is 0.280. The second kappa shape index (κ2) is 8.28. The van der Waals surface area contributed by atoms with Crippen molar-refractivity contribution in [3.05, 3.63) is 60.0 Å². The Bertz CT molecular complexity index is 1360. The number of aromatic nitrogens is 4. The summed E-state index contributed by atoms with van der Waals surface area (Å²) in [6.45, 7) is 1.91. The maximum Gasteiger partial charge on any atom is 0.194 e. The number of aliphatic hydroxyl groups excluding tert-OH is 1. The minimum atomic E-state index is 0.210. The van der Waals surface area contributed by atoms with E-state index in [0.717, 1.165) is 64.6 Å². The highest BCUT2D eigenvalue weighted by atomic mass is 32.2. The quantitative estimate of drug-likeness (QED) is 0.384. The van der Waals surface area contributed by atoms with Crippen molar-refractivity contribution in [2.45, 2.75) is 22.9 Å². The first kappa shape index (κ1) is 20.4. The summed E-state index contributed by atoms with van der Waals surface area (Å²) in [5.74, 6) is 1.25. The first-order valence-corrected chi connectivity index (χ1v) is 12.0. The van der Waals surface area contributed by atoms with Crippen LogP contribution in [0.3, 0.4) is 0 Å². The molecule has 4 heterocycles. The Labute approximate surface area is 196 Å². The molecule has 4 aromatic rings. The summed E-state index contributed by atoms with van der Waals surface area (Å²) in [4.78, 5) is 22.3. The van der Waals surface area contributed by atoms with Gasteiger partial charge in [0.25, 0.3) is 0 Å². The van der Waals surface area contributed by atoms with E-state index in [1.165, 1.54) is 22.9 Å². The predicted octanol–water partition coefficient (Wildman–Crippen LogP) is 4.00. The lowest BCUT2D eigenvalue weighted by molar-refractivity contribution is 0.238. The van der Waals surface area contributed by atoms with Crippen LogP contribution in [0.5, 0.6) is 0 Å². The lowest BCUT2D eigenvalue weighted by atomic mass is 10.1. The minimum Gasteiger partial charge on any atom is -0.396 e. The third-order valence-electron chi connectivity index (χ3n) is 6.48. The molecule has 1 unspecified atom stereocenters. The molecule has 33 heavy (non-hydrogen) atoms. The van der Waals surface area contributed by atoms with Gasteiger partial charge in [0.1, 0.15) is 5.82 Å². The maximum absolute atomic E-state index is 9.70. The van der Waals surface area contributed by atoms with E-state index in [-0.39, 0.29) is 12.5 Å². The van der Waals surface area contributed by atoms with Crippen LogP contribution in [-0.2, 0) is 6.42 Å². The largest absolute Gasteiger partial charge is 0.396 e. The Kier molecular flexibility index (Phi) is 5.11. The van der Waals surface area contributed by atoms with Crippen LogP contribution in [0.4, 0.5) is 11.5 Å². The molecule has 1 aliphatic heterocycles. The average molecular weight is 457 g/mol. The predicted molar refractivity (Wildman–Crippen MR) is 131 cm³/mol. The fourth-order valence-electron chi connectivity index (χ4n) is 4.83. The van der Waals surface area contributed by atoms with Gasteiger partial charge in [0.05, 0.1) is 16.7 Å². The molecule has 1 atom stereocenters. The SMILES string of the molecule is CNc1cccc2c1Cc1nc(Sc3cnc4cccnc4c3)nc(N3CCC(CO)C3)c1-2. The van der Waals surface area contributed by atoms with E-state index in [9.17, 15) is 5.11 Å². The van der Waals surface area contributed by atoms with Crippen molar-refractivity contribution in [2.24, 2.45) is 5.92 Å². The van der Waals surface area contributed by atoms with Crippen LogP contribution in [0.15, 0.2) is 58.8 Å². The molecule has 0 spiro atoms. The van der Waals surface area contributed by atoms with Gasteiger partial charge in [-0.1, -0.05) is 12.1 Å². The molecule has 8 heteroatoms. The number of pyridine rings is 2. The first-order valence-electron chi connectivity index (χ1n) is 11.2. The van der Waals surface area contributed by atoms with Crippen LogP contribution in [-0.4, -0.2) is 51.8 Å². The van der Waals surface area contributed by atoms with Gasteiger partial charge in [-0.05, 0) is 53.6 Å². The fourth-order valence-corrected chi connectivity index (χ4v) is 5.61. The van der Waals surface area contributed by atoms with Gasteiger partial charge < -0.3 is 15.3 Å². The highest BCUT2D eigenvalue weighted by molar-refractivity contribution is 7.99. The average Bonchev–Trinajstić information content (AvgIpc) is 3.48. The zero-order valence-corrected chi connectivity index (χ0v) is 19.1. The third-order valence-corrected chi connectivity index (χ3v) is 7.31. The number of hydrogen-bond donors (Lipinski definition) is 2. The van der Waals surface area contributed by atoms with Crippen molar-refractivity contribution in [3.63, 3.8) is 0 Å². The lowest BCUT2D eigenvalue weighted by Crippen LogP contribution is -2.23. The number of hydrogen-bond acceptors (Lipinski definition) is 8. The summed E-state index contributed by atoms with van der Waals surface area (Å²) in [5.41, 5.74) is 7.52. The number of nitrogens with zero attached hydrogens (tertiary/aromatic N) is 5. The molecule has 2 aliphatic rings. The van der Waals surface area contributed by atoms with Gasteiger partial charge >= 0.3 is 0 Å². The highest BCUT2D eigenvalue weighted by Gasteiger charge is 2.32. The summed E-state index contributed by atoms with van der Waals surface area (Å²) in [5, 5.41) is 13.7. The van der Waals surface area contributed by atoms with E-state index < -0.39 is 0 Å². The van der Waals surface area contributed by atoms with Crippen LogP contribution in [0.2, 0.25) is 0 Å². The summed E-state index contributed by atoms with van der Waals surface area (Å²) < 4.78 is 0. The molecular formula is C25H24N6OS. The van der Waals surface area contributed by atoms with E-state index in [0.29, 0.717) is 5.16 Å². The van der Waals surface area contributed by atoms with Crippen molar-refractivity contribution in [1.29, 1.82) is 0 Å². The second-order valence-corrected chi connectivity index (χ2v) is 9.55. The van der Waals surface area contributed by atoms with Crippen LogP contribution in [0.25, 0.3) is 22.2 Å². The normalized spacial score (nSPS) is 16.8. The van der Waals surface area contributed by atoms with E-state index in [2.05, 4.69) is 38.4 Å². The second-order valence-electron chi connectivity index (χ2n) is 8.51. The van der Waals surface area contributed by atoms with E-state index >= 15 is 0 Å². The standard InChI is InChI=1S/C25H24N6OS/c1-26-19-5-2-4-17-18(19)11-22-23(17)24(31-9-7-15(13-31)14-32)30-25(29-22)33-16-10-21-20(28-12-16)6-3-8-27-21/h2-6,8,10,12,15,26,32H,7,9,11,13-14H2,1H3. The van der Waals surface area contributed by atoms with Gasteiger partial charge in [0.2, 0.25) is 0 Å². The molecule has 1 aromatic carbocycles. The molecule has 3 aromatic heterocycles. The summed E-state index contributed by atoms with van der Waals surface area (Å²) in [6.07, 6.45) is 5.39. The molecule has 7 nitrogen and oxygen atoms in total. The topological polar surface area (TPSA) is 87.1 Å². The third kappa shape index (κ3) is 3.59. The molecule has 0 bridgehead atoms. The molecule has 0 radical (unpaired) electrons. The first-order chi connectivity index (χ1) is 16.2. The van der Waals surface area contributed by atoms with Crippen LogP contribution >= 0.6 is 11.8 Å². The molecule has 0 amide bonds.